The van der Waals surface area contributed by atoms with Crippen molar-refractivity contribution >= 4 is 23.4 Å². The van der Waals surface area contributed by atoms with Gasteiger partial charge >= 0.3 is 0 Å². The molecule has 1 fully saturated rings. The van der Waals surface area contributed by atoms with E-state index in [0.717, 1.165) is 18.7 Å². The molecule has 0 aliphatic carbocycles. The van der Waals surface area contributed by atoms with E-state index in [2.05, 4.69) is 4.90 Å². The average molecular weight is 352 g/mol. The number of carbonyl (C=O) groups is 1. The number of nitrogens with two attached hydrogens (primary N) is 1. The molecule has 2 aromatic heterocycles. The van der Waals surface area contributed by atoms with Crippen molar-refractivity contribution in [2.45, 2.75) is 6.92 Å². The van der Waals surface area contributed by atoms with Crippen LogP contribution in [0.5, 0.6) is 0 Å². The predicted octanol–water partition coefficient (Wildman–Crippen LogP) is 0.147. The van der Waals surface area contributed by atoms with Crippen LogP contribution in [-0.4, -0.2) is 53.4 Å². The summed E-state index contributed by atoms with van der Waals surface area (Å²) in [7, 11) is 2.03. The summed E-state index contributed by atoms with van der Waals surface area (Å²) in [4.78, 5) is 33.4. The molecule has 0 saturated carbocycles. The number of aromatic nitrogens is 2. The molecule has 0 aromatic carbocycles. The van der Waals surface area contributed by atoms with Gasteiger partial charge in [0.2, 0.25) is 0 Å². The maximum atomic E-state index is 13.1. The van der Waals surface area contributed by atoms with Gasteiger partial charge in [0, 0.05) is 32.4 Å². The van der Waals surface area contributed by atoms with Crippen LogP contribution in [0.2, 0.25) is 0 Å². The molecular weight excluding hydrogens is 332 g/mol. The number of primary amides is 1. The Kier molecular flexibility index (Phi) is 4.73. The highest BCUT2D eigenvalue weighted by Gasteiger charge is 2.22. The van der Waals surface area contributed by atoms with Crippen LogP contribution in [0.15, 0.2) is 28.7 Å². The minimum absolute atomic E-state index is 0.202. The predicted molar refractivity (Wildman–Crippen MR) is 98.7 cm³/mol. The fourth-order valence-corrected chi connectivity index (χ4v) is 2.99. The van der Waals surface area contributed by atoms with Crippen molar-refractivity contribution < 1.29 is 4.79 Å². The van der Waals surface area contributed by atoms with E-state index in [0.29, 0.717) is 24.6 Å². The van der Waals surface area contributed by atoms with Crippen LogP contribution < -0.4 is 16.2 Å². The maximum Gasteiger partial charge on any atom is 0.267 e. The van der Waals surface area contributed by atoms with Crippen LogP contribution in [0, 0.1) is 18.3 Å². The summed E-state index contributed by atoms with van der Waals surface area (Å²) < 4.78 is 1.43. The number of likely N-dealkylation sites (N-methyl/N-ethyl adjacent to an activating group) is 1. The zero-order valence-corrected chi connectivity index (χ0v) is 14.8. The monoisotopic (exact) mass is 352 g/mol. The Balaban J connectivity index is 2.28. The Bertz CT molecular complexity index is 993. The molecule has 2 N–H and O–H groups in total. The van der Waals surface area contributed by atoms with E-state index in [1.807, 2.05) is 24.9 Å². The molecule has 26 heavy (non-hydrogen) atoms. The van der Waals surface area contributed by atoms with E-state index in [9.17, 15) is 14.9 Å². The third-order valence-corrected chi connectivity index (χ3v) is 4.54. The highest BCUT2D eigenvalue weighted by atomic mass is 16.1. The van der Waals surface area contributed by atoms with Crippen molar-refractivity contribution in [3.63, 3.8) is 0 Å². The van der Waals surface area contributed by atoms with Crippen LogP contribution in [0.3, 0.4) is 0 Å². The van der Waals surface area contributed by atoms with Crippen molar-refractivity contribution in [3.8, 4) is 6.07 Å². The molecule has 3 heterocycles. The molecule has 1 amide bonds. The Labute approximate surface area is 150 Å². The minimum Gasteiger partial charge on any atom is -0.365 e. The minimum atomic E-state index is -0.870. The van der Waals surface area contributed by atoms with Gasteiger partial charge in [-0.1, -0.05) is 6.07 Å². The van der Waals surface area contributed by atoms with E-state index in [1.165, 1.54) is 10.5 Å². The van der Waals surface area contributed by atoms with Crippen molar-refractivity contribution in [3.05, 3.63) is 45.4 Å². The number of pyridine rings is 1. The van der Waals surface area contributed by atoms with E-state index in [4.69, 9.17) is 10.7 Å². The molecule has 2 aromatic rings. The lowest BCUT2D eigenvalue weighted by molar-refractivity contribution is -0.114. The Morgan fingerprint density at radius 2 is 2.04 bits per heavy atom. The van der Waals surface area contributed by atoms with Crippen LogP contribution in [-0.2, 0) is 4.79 Å². The summed E-state index contributed by atoms with van der Waals surface area (Å²) in [6.45, 7) is 4.95. The van der Waals surface area contributed by atoms with E-state index in [-0.39, 0.29) is 16.7 Å². The first kappa shape index (κ1) is 17.6. The normalized spacial score (nSPS) is 15.9. The maximum absolute atomic E-state index is 13.1. The van der Waals surface area contributed by atoms with Gasteiger partial charge in [-0.2, -0.15) is 5.26 Å². The average Bonchev–Trinajstić information content (AvgIpc) is 2.62. The second-order valence-electron chi connectivity index (χ2n) is 6.36. The first-order chi connectivity index (χ1) is 12.4. The summed E-state index contributed by atoms with van der Waals surface area (Å²) >= 11 is 0. The number of hydrogen-bond donors (Lipinski definition) is 1. The molecule has 0 radical (unpaired) electrons. The number of nitriles is 1. The molecule has 1 saturated heterocycles. The molecule has 134 valence electrons. The summed E-state index contributed by atoms with van der Waals surface area (Å²) in [5, 5.41) is 9.17. The molecule has 8 nitrogen and oxygen atoms in total. The fourth-order valence-electron chi connectivity index (χ4n) is 2.99. The topological polar surface area (TPSA) is 108 Å². The SMILES string of the molecule is Cc1cccn2c(=O)c(/C=C(/C#N)C(N)=O)c(N3CCN(C)CC3)nc12. The third-order valence-electron chi connectivity index (χ3n) is 4.54. The van der Waals surface area contributed by atoms with Gasteiger partial charge in [-0.25, -0.2) is 4.98 Å². The van der Waals surface area contributed by atoms with Gasteiger partial charge in [0.1, 0.15) is 23.1 Å². The van der Waals surface area contributed by atoms with Gasteiger partial charge in [0.25, 0.3) is 11.5 Å². The number of nitrogens with zero attached hydrogens (tertiary/aromatic N) is 5. The fraction of sp³-hybridized carbons (Fsp3) is 0.333. The van der Waals surface area contributed by atoms with Gasteiger partial charge in [-0.15, -0.1) is 0 Å². The quantitative estimate of drug-likeness (QED) is 0.622. The Hall–Kier alpha value is -3.18. The number of amides is 1. The van der Waals surface area contributed by atoms with Gasteiger partial charge in [-0.3, -0.25) is 14.0 Å². The van der Waals surface area contributed by atoms with Gasteiger partial charge in [-0.05, 0) is 31.7 Å². The van der Waals surface area contributed by atoms with E-state index >= 15 is 0 Å². The number of fused-ring (bicyclic) bond motifs is 1. The van der Waals surface area contributed by atoms with Crippen molar-refractivity contribution in [1.82, 2.24) is 14.3 Å². The van der Waals surface area contributed by atoms with Gasteiger partial charge in [0.15, 0.2) is 0 Å². The third kappa shape index (κ3) is 3.17. The standard InChI is InChI=1S/C18H20N6O2/c1-12-4-3-5-24-16(12)21-17(23-8-6-22(2)7-9-23)14(18(24)26)10-13(11-19)15(20)25/h3-5,10H,6-9H2,1-2H3,(H2,20,25)/b13-10-. The summed E-state index contributed by atoms with van der Waals surface area (Å²) in [5.41, 5.74) is 6.27. The lowest BCUT2D eigenvalue weighted by atomic mass is 10.1. The highest BCUT2D eigenvalue weighted by Crippen LogP contribution is 2.21. The summed E-state index contributed by atoms with van der Waals surface area (Å²) in [6.07, 6.45) is 2.87. The number of aryl methyl sites for hydroxylation is 1. The van der Waals surface area contributed by atoms with Gasteiger partial charge in [0.05, 0.1) is 5.56 Å². The number of anilines is 1. The molecule has 1 aliphatic rings. The van der Waals surface area contributed by atoms with Crippen LogP contribution >= 0.6 is 0 Å². The molecular formula is C18H20N6O2. The molecule has 3 rings (SSSR count). The van der Waals surface area contributed by atoms with Crippen LogP contribution in [0.1, 0.15) is 11.1 Å². The number of rotatable bonds is 3. The van der Waals surface area contributed by atoms with Crippen LogP contribution in [0.4, 0.5) is 5.82 Å². The molecule has 0 atom stereocenters. The van der Waals surface area contributed by atoms with Crippen molar-refractivity contribution in [2.75, 3.05) is 38.1 Å². The summed E-state index contributed by atoms with van der Waals surface area (Å²) in [6, 6.07) is 5.40. The van der Waals surface area contributed by atoms with Crippen molar-refractivity contribution in [1.29, 1.82) is 5.26 Å². The smallest absolute Gasteiger partial charge is 0.267 e. The molecule has 8 heteroatoms. The van der Waals surface area contributed by atoms with E-state index < -0.39 is 5.91 Å². The molecule has 0 bridgehead atoms. The lowest BCUT2D eigenvalue weighted by Gasteiger charge is -2.34. The second-order valence-corrected chi connectivity index (χ2v) is 6.36. The number of piperazine rings is 1. The van der Waals surface area contributed by atoms with Crippen molar-refractivity contribution in [2.24, 2.45) is 5.73 Å². The Morgan fingerprint density at radius 3 is 2.65 bits per heavy atom. The zero-order valence-electron chi connectivity index (χ0n) is 14.8. The lowest BCUT2D eigenvalue weighted by Crippen LogP contribution is -2.45. The number of hydrogen-bond acceptors (Lipinski definition) is 6. The Morgan fingerprint density at radius 1 is 1.35 bits per heavy atom. The first-order valence-electron chi connectivity index (χ1n) is 8.29. The summed E-state index contributed by atoms with van der Waals surface area (Å²) in [5.74, 6) is -0.392. The van der Waals surface area contributed by atoms with E-state index in [1.54, 1.807) is 18.3 Å². The first-order valence-corrected chi connectivity index (χ1v) is 8.29. The largest absolute Gasteiger partial charge is 0.365 e. The molecule has 1 aliphatic heterocycles. The highest BCUT2D eigenvalue weighted by molar-refractivity contribution is 6.01. The molecule has 0 spiro atoms. The molecule has 0 unspecified atom stereocenters. The van der Waals surface area contributed by atoms with Crippen LogP contribution in [0.25, 0.3) is 11.7 Å². The second kappa shape index (κ2) is 6.98. The number of carbonyl (C=O) groups excluding carboxylic acids is 1. The zero-order chi connectivity index (χ0) is 18.8. The van der Waals surface area contributed by atoms with Gasteiger partial charge < -0.3 is 15.5 Å².